The third-order valence-corrected chi connectivity index (χ3v) is 2.51. The number of para-hydroxylation sites is 1. The second kappa shape index (κ2) is 4.30. The summed E-state index contributed by atoms with van der Waals surface area (Å²) in [5, 5.41) is 4.06. The van der Waals surface area contributed by atoms with Gasteiger partial charge in [-0.05, 0) is 12.1 Å². The number of aromatic nitrogens is 1. The molecule has 0 saturated heterocycles. The molecule has 0 aliphatic rings. The first-order chi connectivity index (χ1) is 5.90. The Morgan fingerprint density at radius 1 is 1.38 bits per heavy atom. The molecule has 2 N–H and O–H groups in total. The molecule has 0 saturated carbocycles. The summed E-state index contributed by atoms with van der Waals surface area (Å²) >= 11 is 1.64. The fourth-order valence-corrected chi connectivity index (χ4v) is 1.94. The number of halogens is 1. The maximum Gasteiger partial charge on any atom is 0.206 e. The van der Waals surface area contributed by atoms with Crippen molar-refractivity contribution in [3.05, 3.63) is 29.1 Å². The van der Waals surface area contributed by atoms with E-state index in [2.05, 4.69) is 21.6 Å². The van der Waals surface area contributed by atoms with Crippen LogP contribution in [0, 0.1) is 0 Å². The van der Waals surface area contributed by atoms with Crippen molar-refractivity contribution in [1.29, 1.82) is 0 Å². The normalized spacial score (nSPS) is 11.3. The lowest BCUT2D eigenvalue weighted by Gasteiger charge is -1.82. The van der Waals surface area contributed by atoms with Gasteiger partial charge in [-0.3, -0.25) is 0 Å². The molecule has 1 heterocycles. The quantitative estimate of drug-likeness (QED) is 0.699. The summed E-state index contributed by atoms with van der Waals surface area (Å²) < 4.78 is 1.23. The molecule has 5 heteroatoms. The first kappa shape index (κ1) is 10.1. The lowest BCUT2D eigenvalue weighted by atomic mass is 10.3. The zero-order chi connectivity index (χ0) is 8.39. The van der Waals surface area contributed by atoms with Gasteiger partial charge in [-0.15, -0.1) is 12.4 Å². The molecule has 0 amide bonds. The highest BCUT2D eigenvalue weighted by molar-refractivity contribution is 7.16. The summed E-state index contributed by atoms with van der Waals surface area (Å²) in [7, 11) is 1.79. The van der Waals surface area contributed by atoms with Crippen molar-refractivity contribution in [3.8, 4) is 0 Å². The van der Waals surface area contributed by atoms with Crippen molar-refractivity contribution in [2.75, 3.05) is 7.05 Å². The maximum absolute atomic E-state index is 4.06. The number of aromatic amines is 1. The van der Waals surface area contributed by atoms with Crippen LogP contribution in [-0.4, -0.2) is 12.0 Å². The van der Waals surface area contributed by atoms with Gasteiger partial charge < -0.3 is 10.4 Å². The highest BCUT2D eigenvalue weighted by atomic mass is 35.5. The molecular formula is C8H10ClN3S. The van der Waals surface area contributed by atoms with Crippen LogP contribution in [0.25, 0.3) is 10.2 Å². The number of H-pyrrole nitrogens is 1. The molecule has 0 aliphatic carbocycles. The molecule has 13 heavy (non-hydrogen) atoms. The fraction of sp³-hybridized carbons (Fsp3) is 0.125. The average Bonchev–Trinajstić information content (AvgIpc) is 2.47. The van der Waals surface area contributed by atoms with Gasteiger partial charge in [0.05, 0.1) is 10.2 Å². The summed E-state index contributed by atoms with van der Waals surface area (Å²) in [6, 6.07) is 8.15. The van der Waals surface area contributed by atoms with Gasteiger partial charge in [-0.25, -0.2) is 0 Å². The van der Waals surface area contributed by atoms with E-state index in [1.54, 1.807) is 18.4 Å². The molecule has 0 aliphatic heterocycles. The molecule has 0 spiro atoms. The molecule has 70 valence electrons. The van der Waals surface area contributed by atoms with Crippen LogP contribution in [0.5, 0.6) is 0 Å². The van der Waals surface area contributed by atoms with Crippen LogP contribution in [0.15, 0.2) is 29.4 Å². The van der Waals surface area contributed by atoms with Crippen LogP contribution in [0.1, 0.15) is 0 Å². The predicted octanol–water partition coefficient (Wildman–Crippen LogP) is 1.69. The van der Waals surface area contributed by atoms with Gasteiger partial charge in [-0.2, -0.15) is 5.10 Å². The highest BCUT2D eigenvalue weighted by Crippen LogP contribution is 2.11. The van der Waals surface area contributed by atoms with E-state index in [0.717, 1.165) is 10.3 Å². The van der Waals surface area contributed by atoms with E-state index in [0.29, 0.717) is 0 Å². The van der Waals surface area contributed by atoms with E-state index >= 15 is 0 Å². The highest BCUT2D eigenvalue weighted by Gasteiger charge is 1.93. The zero-order valence-corrected chi connectivity index (χ0v) is 8.71. The Balaban J connectivity index is 0.000000845. The van der Waals surface area contributed by atoms with Crippen LogP contribution in [-0.2, 0) is 0 Å². The van der Waals surface area contributed by atoms with Crippen molar-refractivity contribution >= 4 is 34.0 Å². The van der Waals surface area contributed by atoms with E-state index in [-0.39, 0.29) is 12.4 Å². The molecule has 0 atom stereocenters. The summed E-state index contributed by atoms with van der Waals surface area (Å²) in [6.45, 7) is 0. The van der Waals surface area contributed by atoms with Gasteiger partial charge in [0, 0.05) is 7.05 Å². The molecule has 0 bridgehead atoms. The fourth-order valence-electron chi connectivity index (χ4n) is 1.06. The number of hydrogen-bond donors (Lipinski definition) is 2. The van der Waals surface area contributed by atoms with Gasteiger partial charge in [0.1, 0.15) is 0 Å². The number of nitrogens with zero attached hydrogens (tertiary/aromatic N) is 1. The van der Waals surface area contributed by atoms with E-state index in [1.807, 2.05) is 18.2 Å². The molecule has 2 aromatic rings. The molecule has 2 rings (SSSR count). The van der Waals surface area contributed by atoms with E-state index in [1.165, 1.54) is 4.70 Å². The van der Waals surface area contributed by atoms with E-state index in [9.17, 15) is 0 Å². The number of fused-ring (bicyclic) bond motifs is 1. The number of rotatable bonds is 1. The van der Waals surface area contributed by atoms with Gasteiger partial charge >= 0.3 is 0 Å². The second-order valence-corrected chi connectivity index (χ2v) is 3.39. The van der Waals surface area contributed by atoms with Crippen molar-refractivity contribution in [2.45, 2.75) is 0 Å². The van der Waals surface area contributed by atoms with Gasteiger partial charge in [-0.1, -0.05) is 23.5 Å². The molecule has 0 unspecified atom stereocenters. The third kappa shape index (κ3) is 2.02. The Bertz CT molecular complexity index is 410. The average molecular weight is 216 g/mol. The van der Waals surface area contributed by atoms with Crippen LogP contribution in [0.2, 0.25) is 0 Å². The Kier molecular flexibility index (Phi) is 3.33. The van der Waals surface area contributed by atoms with Crippen molar-refractivity contribution < 1.29 is 0 Å². The molecule has 3 nitrogen and oxygen atoms in total. The number of nitrogens with one attached hydrogen (secondary N) is 2. The number of hydrogen-bond acceptors (Lipinski definition) is 3. The summed E-state index contributed by atoms with van der Waals surface area (Å²) in [4.78, 5) is 4.09. The van der Waals surface area contributed by atoms with E-state index < -0.39 is 0 Å². The smallest absolute Gasteiger partial charge is 0.206 e. The third-order valence-electron chi connectivity index (χ3n) is 1.55. The molecule has 0 fully saturated rings. The topological polar surface area (TPSA) is 40.2 Å². The minimum atomic E-state index is 0. The number of thiazole rings is 1. The van der Waals surface area contributed by atoms with Crippen molar-refractivity contribution in [1.82, 2.24) is 10.4 Å². The molecule has 1 aromatic heterocycles. The standard InChI is InChI=1S/C8H9N3S.ClH/c1-9-11-8-10-6-4-2-3-5-7(6)12-8;/h2-5,9H,1H3,(H,10,11);1H. The Labute approximate surface area is 85.9 Å². The van der Waals surface area contributed by atoms with Crippen LogP contribution >= 0.6 is 23.7 Å². The monoisotopic (exact) mass is 215 g/mol. The first-order valence-electron chi connectivity index (χ1n) is 3.68. The molecular weight excluding hydrogens is 206 g/mol. The van der Waals surface area contributed by atoms with Gasteiger partial charge in [0.25, 0.3) is 0 Å². The minimum Gasteiger partial charge on any atom is -0.329 e. The largest absolute Gasteiger partial charge is 0.329 e. The molecule has 0 radical (unpaired) electrons. The summed E-state index contributed by atoms with van der Waals surface area (Å²) in [5.41, 5.74) is 3.88. The lowest BCUT2D eigenvalue weighted by Crippen LogP contribution is -2.05. The van der Waals surface area contributed by atoms with Gasteiger partial charge in [0.2, 0.25) is 4.80 Å². The van der Waals surface area contributed by atoms with Gasteiger partial charge in [0.15, 0.2) is 0 Å². The SMILES string of the molecule is CNN=c1[nH]c2ccccc2s1.Cl. The summed E-state index contributed by atoms with van der Waals surface area (Å²) in [5.74, 6) is 0. The number of benzene rings is 1. The van der Waals surface area contributed by atoms with Crippen molar-refractivity contribution in [3.63, 3.8) is 0 Å². The van der Waals surface area contributed by atoms with Crippen LogP contribution in [0.3, 0.4) is 0 Å². The Morgan fingerprint density at radius 3 is 2.85 bits per heavy atom. The van der Waals surface area contributed by atoms with E-state index in [4.69, 9.17) is 0 Å². The van der Waals surface area contributed by atoms with Crippen molar-refractivity contribution in [2.24, 2.45) is 5.10 Å². The van der Waals surface area contributed by atoms with Crippen LogP contribution in [0.4, 0.5) is 0 Å². The second-order valence-electron chi connectivity index (χ2n) is 2.36. The minimum absolute atomic E-state index is 0. The Morgan fingerprint density at radius 2 is 2.15 bits per heavy atom. The first-order valence-corrected chi connectivity index (χ1v) is 4.50. The van der Waals surface area contributed by atoms with Crippen LogP contribution < -0.4 is 10.2 Å². The zero-order valence-electron chi connectivity index (χ0n) is 7.07. The molecule has 1 aromatic carbocycles. The summed E-state index contributed by atoms with van der Waals surface area (Å²) in [6.07, 6.45) is 0. The Hall–Kier alpha value is -1.000. The lowest BCUT2D eigenvalue weighted by molar-refractivity contribution is 0.853. The maximum atomic E-state index is 4.06. The predicted molar refractivity (Wildman–Crippen MR) is 58.0 cm³/mol.